The molecule has 1 fully saturated rings. The second-order valence-corrected chi connectivity index (χ2v) is 6.19. The van der Waals surface area contributed by atoms with E-state index in [-0.39, 0.29) is 6.04 Å². The summed E-state index contributed by atoms with van der Waals surface area (Å²) in [4.78, 5) is 24.4. The minimum absolute atomic E-state index is 0.0971. The quantitative estimate of drug-likeness (QED) is 0.670. The number of carbonyl (C=O) groups excluding carboxylic acids is 2. The lowest BCUT2D eigenvalue weighted by atomic mass is 9.93. The van der Waals surface area contributed by atoms with E-state index >= 15 is 0 Å². The Labute approximate surface area is 132 Å². The standard InChI is InChI=1S/C16H17BrN2O2/c17-12-8-6-11(7-9-12)15(20)14(10-18)16(21)19-13-4-2-1-3-5-13/h6-9,13-14H,1-5H2,(H,19,21). The van der Waals surface area contributed by atoms with Crippen LogP contribution in [0.15, 0.2) is 28.7 Å². The maximum atomic E-state index is 12.3. The second kappa shape index (κ2) is 7.37. The predicted molar refractivity (Wildman–Crippen MR) is 82.6 cm³/mol. The Morgan fingerprint density at radius 1 is 1.19 bits per heavy atom. The lowest BCUT2D eigenvalue weighted by molar-refractivity contribution is -0.123. The van der Waals surface area contributed by atoms with Crippen molar-refractivity contribution in [2.45, 2.75) is 38.1 Å². The zero-order valence-corrected chi connectivity index (χ0v) is 13.2. The Balaban J connectivity index is 2.04. The largest absolute Gasteiger partial charge is 0.352 e. The van der Waals surface area contributed by atoms with Gasteiger partial charge in [0.2, 0.25) is 5.91 Å². The molecule has 21 heavy (non-hydrogen) atoms. The van der Waals surface area contributed by atoms with Crippen LogP contribution in [0.1, 0.15) is 42.5 Å². The van der Waals surface area contributed by atoms with E-state index in [0.29, 0.717) is 5.56 Å². The number of carbonyl (C=O) groups is 2. The number of halogens is 1. The number of benzene rings is 1. The van der Waals surface area contributed by atoms with Gasteiger partial charge in [-0.25, -0.2) is 0 Å². The van der Waals surface area contributed by atoms with Crippen LogP contribution in [0.2, 0.25) is 0 Å². The van der Waals surface area contributed by atoms with E-state index in [1.807, 2.05) is 6.07 Å². The minimum atomic E-state index is -1.27. The number of ketones is 1. The molecule has 1 aliphatic carbocycles. The van der Waals surface area contributed by atoms with Crippen molar-refractivity contribution in [3.05, 3.63) is 34.3 Å². The highest BCUT2D eigenvalue weighted by Crippen LogP contribution is 2.19. The molecule has 1 aromatic rings. The third kappa shape index (κ3) is 4.15. The summed E-state index contributed by atoms with van der Waals surface area (Å²) in [6.07, 6.45) is 5.21. The van der Waals surface area contributed by atoms with Crippen molar-refractivity contribution >= 4 is 27.6 Å². The average molecular weight is 349 g/mol. The normalized spacial score (nSPS) is 16.8. The maximum absolute atomic E-state index is 12.3. The van der Waals surface area contributed by atoms with Crippen LogP contribution < -0.4 is 5.32 Å². The first-order valence-electron chi connectivity index (χ1n) is 7.11. The summed E-state index contributed by atoms with van der Waals surface area (Å²) in [5.74, 6) is -2.19. The summed E-state index contributed by atoms with van der Waals surface area (Å²) in [5, 5.41) is 12.0. The van der Waals surface area contributed by atoms with Crippen LogP contribution in [0.25, 0.3) is 0 Å². The topological polar surface area (TPSA) is 70.0 Å². The summed E-state index contributed by atoms with van der Waals surface area (Å²) in [5.41, 5.74) is 0.378. The van der Waals surface area contributed by atoms with Crippen LogP contribution in [0, 0.1) is 17.2 Å². The Hall–Kier alpha value is -1.67. The predicted octanol–water partition coefficient (Wildman–Crippen LogP) is 3.22. The molecule has 5 heteroatoms. The molecule has 1 N–H and O–H groups in total. The second-order valence-electron chi connectivity index (χ2n) is 5.28. The molecule has 0 saturated heterocycles. The van der Waals surface area contributed by atoms with Gasteiger partial charge >= 0.3 is 0 Å². The molecule has 0 radical (unpaired) electrons. The molecule has 0 spiro atoms. The van der Waals surface area contributed by atoms with E-state index in [2.05, 4.69) is 21.2 Å². The van der Waals surface area contributed by atoms with Gasteiger partial charge in [0.25, 0.3) is 0 Å². The maximum Gasteiger partial charge on any atom is 0.245 e. The van der Waals surface area contributed by atoms with Crippen molar-refractivity contribution < 1.29 is 9.59 Å². The van der Waals surface area contributed by atoms with Gasteiger partial charge in [0.05, 0.1) is 6.07 Å². The zero-order chi connectivity index (χ0) is 15.2. The van der Waals surface area contributed by atoms with E-state index in [1.165, 1.54) is 6.42 Å². The summed E-state index contributed by atoms with van der Waals surface area (Å²) in [6, 6.07) is 8.61. The third-order valence-corrected chi connectivity index (χ3v) is 4.26. The Bertz CT molecular complexity index is 557. The van der Waals surface area contributed by atoms with E-state index in [9.17, 15) is 14.9 Å². The van der Waals surface area contributed by atoms with Gasteiger partial charge in [-0.2, -0.15) is 5.26 Å². The third-order valence-electron chi connectivity index (χ3n) is 3.73. The molecular weight excluding hydrogens is 332 g/mol. The summed E-state index contributed by atoms with van der Waals surface area (Å²) in [6.45, 7) is 0. The van der Waals surface area contributed by atoms with Crippen molar-refractivity contribution in [3.63, 3.8) is 0 Å². The van der Waals surface area contributed by atoms with Crippen molar-refractivity contribution in [3.8, 4) is 6.07 Å². The lowest BCUT2D eigenvalue weighted by Gasteiger charge is -2.23. The number of nitrogens with zero attached hydrogens (tertiary/aromatic N) is 1. The molecule has 0 aromatic heterocycles. The van der Waals surface area contributed by atoms with Crippen LogP contribution in [-0.4, -0.2) is 17.7 Å². The van der Waals surface area contributed by atoms with Crippen molar-refractivity contribution in [1.82, 2.24) is 5.32 Å². The highest BCUT2D eigenvalue weighted by molar-refractivity contribution is 9.10. The molecule has 110 valence electrons. The average Bonchev–Trinajstić information content (AvgIpc) is 2.49. The van der Waals surface area contributed by atoms with E-state index in [4.69, 9.17) is 0 Å². The molecule has 1 unspecified atom stereocenters. The fourth-order valence-electron chi connectivity index (χ4n) is 2.55. The van der Waals surface area contributed by atoms with Gasteiger partial charge in [0, 0.05) is 16.1 Å². The molecule has 1 aliphatic rings. The lowest BCUT2D eigenvalue weighted by Crippen LogP contribution is -2.42. The van der Waals surface area contributed by atoms with E-state index in [0.717, 1.165) is 30.2 Å². The fraction of sp³-hybridized carbons (Fsp3) is 0.438. The number of nitrogens with one attached hydrogen (secondary N) is 1. The first-order valence-corrected chi connectivity index (χ1v) is 7.91. The minimum Gasteiger partial charge on any atom is -0.352 e. The number of hydrogen-bond acceptors (Lipinski definition) is 3. The van der Waals surface area contributed by atoms with Gasteiger partial charge in [0.1, 0.15) is 0 Å². The van der Waals surface area contributed by atoms with Crippen molar-refractivity contribution in [2.24, 2.45) is 5.92 Å². The van der Waals surface area contributed by atoms with Crippen LogP contribution in [0.4, 0.5) is 0 Å². The van der Waals surface area contributed by atoms with Gasteiger partial charge < -0.3 is 5.32 Å². The highest BCUT2D eigenvalue weighted by Gasteiger charge is 2.29. The molecule has 1 amide bonds. The Morgan fingerprint density at radius 2 is 1.81 bits per heavy atom. The summed E-state index contributed by atoms with van der Waals surface area (Å²) >= 11 is 3.29. The van der Waals surface area contributed by atoms with Crippen LogP contribution >= 0.6 is 15.9 Å². The first kappa shape index (κ1) is 15.7. The van der Waals surface area contributed by atoms with Crippen LogP contribution in [0.3, 0.4) is 0 Å². The summed E-state index contributed by atoms with van der Waals surface area (Å²) < 4.78 is 0.846. The highest BCUT2D eigenvalue weighted by atomic mass is 79.9. The number of nitriles is 1. The Kier molecular flexibility index (Phi) is 5.51. The zero-order valence-electron chi connectivity index (χ0n) is 11.6. The van der Waals surface area contributed by atoms with Gasteiger partial charge in [-0.1, -0.05) is 47.3 Å². The molecule has 1 aromatic carbocycles. The molecule has 0 heterocycles. The monoisotopic (exact) mass is 348 g/mol. The van der Waals surface area contributed by atoms with Gasteiger partial charge in [-0.3, -0.25) is 9.59 Å². The smallest absolute Gasteiger partial charge is 0.245 e. The number of amides is 1. The van der Waals surface area contributed by atoms with Gasteiger partial charge in [0.15, 0.2) is 11.7 Å². The molecule has 0 bridgehead atoms. The van der Waals surface area contributed by atoms with E-state index < -0.39 is 17.6 Å². The molecule has 2 rings (SSSR count). The van der Waals surface area contributed by atoms with Gasteiger partial charge in [-0.15, -0.1) is 0 Å². The van der Waals surface area contributed by atoms with Crippen molar-refractivity contribution in [1.29, 1.82) is 5.26 Å². The van der Waals surface area contributed by atoms with Crippen LogP contribution in [0.5, 0.6) is 0 Å². The number of rotatable bonds is 4. The molecule has 4 nitrogen and oxygen atoms in total. The van der Waals surface area contributed by atoms with E-state index in [1.54, 1.807) is 24.3 Å². The Morgan fingerprint density at radius 3 is 2.38 bits per heavy atom. The van der Waals surface area contributed by atoms with Crippen molar-refractivity contribution in [2.75, 3.05) is 0 Å². The van der Waals surface area contributed by atoms with Gasteiger partial charge in [-0.05, 0) is 25.0 Å². The molecule has 1 saturated carbocycles. The SMILES string of the molecule is N#CC(C(=O)NC1CCCCC1)C(=O)c1ccc(Br)cc1. The van der Waals surface area contributed by atoms with Crippen LogP contribution in [-0.2, 0) is 4.79 Å². The molecule has 0 aliphatic heterocycles. The number of Topliss-reactive ketones (excluding diaryl/α,β-unsaturated/α-hetero) is 1. The summed E-state index contributed by atoms with van der Waals surface area (Å²) in [7, 11) is 0. The fourth-order valence-corrected chi connectivity index (χ4v) is 2.81. The molecular formula is C16H17BrN2O2. The number of hydrogen-bond donors (Lipinski definition) is 1. The molecule has 1 atom stereocenters. The first-order chi connectivity index (χ1) is 10.1.